The zero-order valence-corrected chi connectivity index (χ0v) is 8.99. The van der Waals surface area contributed by atoms with Crippen LogP contribution in [0.1, 0.15) is 0 Å². The number of halogens is 13. The van der Waals surface area contributed by atoms with Crippen LogP contribution >= 0.6 is 0 Å². The van der Waals surface area contributed by atoms with Gasteiger partial charge in [0.15, 0.2) is 0 Å². The van der Waals surface area contributed by atoms with E-state index < -0.39 is 34.9 Å². The molecule has 0 aliphatic heterocycles. The molecule has 20 heavy (non-hydrogen) atoms. The molecule has 0 atom stereocenters. The van der Waals surface area contributed by atoms with Gasteiger partial charge in [-0.15, -0.1) is 17.5 Å². The van der Waals surface area contributed by atoms with Gasteiger partial charge >= 0.3 is 34.9 Å². The van der Waals surface area contributed by atoms with E-state index in [1.54, 1.807) is 0 Å². The van der Waals surface area contributed by atoms with Crippen molar-refractivity contribution in [3.63, 3.8) is 0 Å². The Hall–Kier alpha value is -0.800. The molecule has 2 nitrogen and oxygen atoms in total. The first-order chi connectivity index (χ1) is 8.18. The fourth-order valence-electron chi connectivity index (χ4n) is 0.626. The standard InChI is InChI=1S/C4F13NOS/c5-1(2(6,7)8,3(9,10)11)18-20(15,16,17)19-4(12,13)14. The molecule has 0 bridgehead atoms. The smallest absolute Gasteiger partial charge is 0.196 e. The molecule has 16 heteroatoms. The van der Waals surface area contributed by atoms with E-state index in [1.165, 1.54) is 4.18 Å². The van der Waals surface area contributed by atoms with Crippen molar-refractivity contribution < 1.29 is 59.7 Å². The van der Waals surface area contributed by atoms with Gasteiger partial charge in [0, 0.05) is 0 Å². The van der Waals surface area contributed by atoms with Gasteiger partial charge in [0.25, 0.3) is 0 Å². The minimum absolute atomic E-state index is 0.250. The molecule has 0 unspecified atom stereocenters. The first kappa shape index (κ1) is 19.2. The molecule has 0 fully saturated rings. The second-order valence-electron chi connectivity index (χ2n) is 2.88. The summed E-state index contributed by atoms with van der Waals surface area (Å²) in [4.78, 5) is 0. The number of hydrogen-bond donors (Lipinski definition) is 0. The van der Waals surface area contributed by atoms with Gasteiger partial charge in [-0.25, -0.2) is 0 Å². The van der Waals surface area contributed by atoms with Crippen LogP contribution in [0, 0.1) is 0 Å². The predicted octanol–water partition coefficient (Wildman–Crippen LogP) is 4.76. The molecule has 0 spiro atoms. The molecule has 0 aromatic rings. The van der Waals surface area contributed by atoms with Gasteiger partial charge in [-0.3, -0.25) is 0 Å². The lowest BCUT2D eigenvalue weighted by Crippen LogP contribution is -2.53. The fraction of sp³-hybridized carbons (Fsp3) is 1.00. The Kier molecular flexibility index (Phi) is 4.17. The van der Waals surface area contributed by atoms with Crippen molar-refractivity contribution in [3.05, 3.63) is 0 Å². The molecule has 0 aliphatic carbocycles. The molecule has 0 saturated carbocycles. The minimum atomic E-state index is -9.72. The van der Waals surface area contributed by atoms with Crippen molar-refractivity contribution >= 4 is 10.4 Å². The molecule has 0 aromatic carbocycles. The maximum atomic E-state index is 12.6. The van der Waals surface area contributed by atoms with Crippen LogP contribution in [0.2, 0.25) is 0 Å². The van der Waals surface area contributed by atoms with E-state index in [4.69, 9.17) is 0 Å². The third-order valence-corrected chi connectivity index (χ3v) is 2.23. The van der Waals surface area contributed by atoms with E-state index in [9.17, 15) is 55.6 Å². The van der Waals surface area contributed by atoms with E-state index in [2.05, 4.69) is 0 Å². The Morgan fingerprint density at radius 2 is 0.950 bits per heavy atom. The van der Waals surface area contributed by atoms with Gasteiger partial charge in [0.05, 0.1) is 0 Å². The van der Waals surface area contributed by atoms with E-state index in [0.717, 1.165) is 0 Å². The topological polar surface area (TPSA) is 21.6 Å². The van der Waals surface area contributed by atoms with Gasteiger partial charge in [-0.2, -0.15) is 34.9 Å². The first-order valence-corrected chi connectivity index (χ1v) is 5.25. The number of hydrogen-bond acceptors (Lipinski definition) is 2. The third kappa shape index (κ3) is 4.64. The highest BCUT2D eigenvalue weighted by Crippen LogP contribution is 2.53. The van der Waals surface area contributed by atoms with E-state index in [0.29, 0.717) is 0 Å². The summed E-state index contributed by atoms with van der Waals surface area (Å²) in [6, 6.07) is 0. The van der Waals surface area contributed by atoms with Gasteiger partial charge < -0.3 is 0 Å². The van der Waals surface area contributed by atoms with Crippen molar-refractivity contribution in [2.45, 2.75) is 24.5 Å². The molecule has 0 aliphatic rings. The van der Waals surface area contributed by atoms with Crippen molar-refractivity contribution in [2.24, 2.45) is 4.36 Å². The number of alkyl halides is 10. The zero-order valence-electron chi connectivity index (χ0n) is 8.18. The van der Waals surface area contributed by atoms with Crippen molar-refractivity contribution in [3.8, 4) is 0 Å². The highest BCUT2D eigenvalue weighted by Gasteiger charge is 2.76. The van der Waals surface area contributed by atoms with Crippen LogP contribution < -0.4 is 0 Å². The summed E-state index contributed by atoms with van der Waals surface area (Å²) < 4.78 is 155. The molecule has 124 valence electrons. The summed E-state index contributed by atoms with van der Waals surface area (Å²) in [7, 11) is -9.72. The summed E-state index contributed by atoms with van der Waals surface area (Å²) in [5.41, 5.74) is 0. The van der Waals surface area contributed by atoms with Gasteiger partial charge in [-0.1, -0.05) is 11.7 Å². The fourth-order valence-corrected chi connectivity index (χ4v) is 1.56. The van der Waals surface area contributed by atoms with Gasteiger partial charge in [0.2, 0.25) is 0 Å². The quantitative estimate of drug-likeness (QED) is 0.516. The normalized spacial score (nSPS) is 17.6. The second-order valence-corrected chi connectivity index (χ2v) is 4.52. The number of rotatable bonds is 2. The van der Waals surface area contributed by atoms with E-state index in [-0.39, 0.29) is 4.36 Å². The zero-order chi connectivity index (χ0) is 16.9. The summed E-state index contributed by atoms with van der Waals surface area (Å²) in [5.74, 6) is -7.29. The summed E-state index contributed by atoms with van der Waals surface area (Å²) in [6.45, 7) is 0. The van der Waals surface area contributed by atoms with Gasteiger partial charge in [0.1, 0.15) is 0 Å². The predicted molar refractivity (Wildman–Crippen MR) is 36.2 cm³/mol. The van der Waals surface area contributed by atoms with Crippen molar-refractivity contribution in [1.29, 1.82) is 0 Å². The van der Waals surface area contributed by atoms with Crippen molar-refractivity contribution in [2.75, 3.05) is 0 Å². The van der Waals surface area contributed by atoms with E-state index >= 15 is 0 Å². The minimum Gasteiger partial charge on any atom is -0.196 e. The summed E-state index contributed by atoms with van der Waals surface area (Å²) in [5, 5.41) is 0. The Morgan fingerprint density at radius 1 is 0.650 bits per heavy atom. The maximum absolute atomic E-state index is 12.6. The molecule has 0 N–H and O–H groups in total. The third-order valence-electron chi connectivity index (χ3n) is 1.24. The molecule has 0 saturated heterocycles. The number of nitrogens with zero attached hydrogens (tertiary/aromatic N) is 1. The average molecular weight is 357 g/mol. The summed E-state index contributed by atoms with van der Waals surface area (Å²) in [6.07, 6.45) is -21.3. The molecule has 0 amide bonds. The lowest BCUT2D eigenvalue weighted by atomic mass is 10.2. The lowest BCUT2D eigenvalue weighted by molar-refractivity contribution is -0.339. The van der Waals surface area contributed by atoms with Crippen LogP contribution in [0.15, 0.2) is 4.36 Å². The molecule has 0 aromatic heterocycles. The maximum Gasteiger partial charge on any atom is 0.538 e. The highest BCUT2D eigenvalue weighted by molar-refractivity contribution is 8.04. The summed E-state index contributed by atoms with van der Waals surface area (Å²) >= 11 is 0. The van der Waals surface area contributed by atoms with E-state index in [1.807, 2.05) is 0 Å². The Labute approximate surface area is 100 Å². The van der Waals surface area contributed by atoms with Crippen LogP contribution in [-0.2, 0) is 14.6 Å². The highest BCUT2D eigenvalue weighted by atomic mass is 32.4. The first-order valence-electron chi connectivity index (χ1n) is 3.63. The molecule has 0 radical (unpaired) electrons. The average Bonchev–Trinajstić information content (AvgIpc) is 1.90. The van der Waals surface area contributed by atoms with Crippen molar-refractivity contribution in [1.82, 2.24) is 0 Å². The molecular weight excluding hydrogens is 357 g/mol. The van der Waals surface area contributed by atoms with Crippen LogP contribution in [0.3, 0.4) is 0 Å². The van der Waals surface area contributed by atoms with Crippen LogP contribution in [0.25, 0.3) is 0 Å². The SMILES string of the molecule is FC(F)(F)OS(F)(F)(F)=NC(F)(C(F)(F)F)C(F)(F)F. The largest absolute Gasteiger partial charge is 0.538 e. The molecular formula is C4F13NOS. The van der Waals surface area contributed by atoms with Gasteiger partial charge in [-0.05, 0) is 0 Å². The Balaban J connectivity index is 6.22. The molecule has 0 heterocycles. The Bertz CT molecular complexity index is 410. The molecule has 0 rings (SSSR count). The van der Waals surface area contributed by atoms with Crippen LogP contribution in [0.5, 0.6) is 0 Å². The lowest BCUT2D eigenvalue weighted by Gasteiger charge is -2.30. The monoisotopic (exact) mass is 357 g/mol. The Morgan fingerprint density at radius 3 is 1.15 bits per heavy atom. The van der Waals surface area contributed by atoms with Crippen LogP contribution in [0.4, 0.5) is 55.6 Å². The second kappa shape index (κ2) is 4.35. The van der Waals surface area contributed by atoms with Crippen LogP contribution in [-0.4, -0.2) is 24.5 Å².